The average Bonchev–Trinajstić information content (AvgIpc) is 3.72. The second-order valence-corrected chi connectivity index (χ2v) is 9.75. The first-order valence-electron chi connectivity index (χ1n) is 13.1. The summed E-state index contributed by atoms with van der Waals surface area (Å²) in [5, 5.41) is 24.3. The van der Waals surface area contributed by atoms with Gasteiger partial charge in [0, 0.05) is 43.8 Å². The Morgan fingerprint density at radius 2 is 1.76 bits per heavy atom. The van der Waals surface area contributed by atoms with Crippen LogP contribution in [0.25, 0.3) is 22.8 Å². The molecule has 5 aromatic rings. The van der Waals surface area contributed by atoms with Gasteiger partial charge in [-0.25, -0.2) is 4.98 Å². The zero-order valence-electron chi connectivity index (χ0n) is 22.7. The fourth-order valence-corrected chi connectivity index (χ4v) is 5.08. The Morgan fingerprint density at radius 3 is 2.49 bits per heavy atom. The van der Waals surface area contributed by atoms with Gasteiger partial charge in [0.2, 0.25) is 5.82 Å². The van der Waals surface area contributed by atoms with Gasteiger partial charge in [-0.3, -0.25) is 15.0 Å². The van der Waals surface area contributed by atoms with Crippen LogP contribution in [0.3, 0.4) is 0 Å². The predicted octanol–water partition coefficient (Wildman–Crippen LogP) is 4.04. The number of hydrogen-bond acceptors (Lipinski definition) is 9. The molecule has 0 saturated carbocycles. The van der Waals surface area contributed by atoms with Crippen molar-refractivity contribution in [3.8, 4) is 34.3 Å². The van der Waals surface area contributed by atoms with Crippen LogP contribution in [0.15, 0.2) is 73.3 Å². The molecule has 1 aliphatic heterocycles. The van der Waals surface area contributed by atoms with E-state index in [0.717, 1.165) is 38.2 Å². The van der Waals surface area contributed by atoms with E-state index in [0.29, 0.717) is 11.4 Å². The second kappa shape index (κ2) is 11.2. The molecule has 0 amide bonds. The molecule has 0 fully saturated rings. The molecule has 3 heterocycles. The highest BCUT2D eigenvalue weighted by molar-refractivity contribution is 5.72. The number of hydrogen-bond donors (Lipinski definition) is 0. The van der Waals surface area contributed by atoms with Gasteiger partial charge in [-0.15, -0.1) is 15.0 Å². The third-order valence-electron chi connectivity index (χ3n) is 7.32. The third-order valence-corrected chi connectivity index (χ3v) is 7.32. The lowest BCUT2D eigenvalue weighted by atomic mass is 9.98. The molecule has 0 unspecified atom stereocenters. The van der Waals surface area contributed by atoms with E-state index in [1.807, 2.05) is 41.4 Å². The molecule has 0 atom stereocenters. The number of tetrazole rings is 1. The van der Waals surface area contributed by atoms with Crippen LogP contribution in [-0.2, 0) is 19.4 Å². The lowest BCUT2D eigenvalue weighted by molar-refractivity contribution is -0.384. The highest BCUT2D eigenvalue weighted by atomic mass is 16.6. The molecular weight excluding hydrogens is 524 g/mol. The Balaban J connectivity index is 1.13. The van der Waals surface area contributed by atoms with Crippen molar-refractivity contribution in [1.29, 1.82) is 0 Å². The highest BCUT2D eigenvalue weighted by Gasteiger charge is 2.24. The van der Waals surface area contributed by atoms with Gasteiger partial charge < -0.3 is 14.0 Å². The SMILES string of the molecule is COc1cc(-c2nnn(-c3ccc(CCN4CCc5ccc(-n6ccnc6)cc5C4)cc3)n2)c([N+](=O)[O-])cc1OC. The van der Waals surface area contributed by atoms with E-state index in [-0.39, 0.29) is 22.8 Å². The standard InChI is InChI=1S/C29H28N8O4/c1-40-27-16-25(26(37(38)39)17-28(27)41-2)29-31-33-36(32-29)23-6-3-20(4-7-23)9-12-34-13-10-21-5-8-24(15-22(21)18-34)35-14-11-30-19-35/h3-8,11,14-17,19H,9-10,12-13,18H2,1-2H3. The summed E-state index contributed by atoms with van der Waals surface area (Å²) in [5.41, 5.74) is 5.79. The monoisotopic (exact) mass is 552 g/mol. The molecule has 12 nitrogen and oxygen atoms in total. The van der Waals surface area contributed by atoms with E-state index in [1.54, 1.807) is 6.20 Å². The number of benzene rings is 3. The number of nitro groups is 1. The van der Waals surface area contributed by atoms with Crippen molar-refractivity contribution >= 4 is 5.69 Å². The van der Waals surface area contributed by atoms with Gasteiger partial charge in [0.1, 0.15) is 5.56 Å². The van der Waals surface area contributed by atoms with Gasteiger partial charge in [0.25, 0.3) is 5.69 Å². The van der Waals surface area contributed by atoms with Crippen molar-refractivity contribution in [2.75, 3.05) is 27.3 Å². The number of imidazole rings is 1. The first-order chi connectivity index (χ1) is 20.0. The molecular formula is C29H28N8O4. The number of methoxy groups -OCH3 is 2. The molecule has 0 bridgehead atoms. The van der Waals surface area contributed by atoms with Crippen LogP contribution in [0.4, 0.5) is 5.69 Å². The average molecular weight is 553 g/mol. The minimum absolute atomic E-state index is 0.114. The van der Waals surface area contributed by atoms with E-state index in [2.05, 4.69) is 43.5 Å². The van der Waals surface area contributed by atoms with Crippen LogP contribution in [0.2, 0.25) is 0 Å². The van der Waals surface area contributed by atoms with Crippen LogP contribution < -0.4 is 9.47 Å². The van der Waals surface area contributed by atoms with Gasteiger partial charge in [0.15, 0.2) is 11.5 Å². The molecule has 0 saturated heterocycles. The predicted molar refractivity (Wildman–Crippen MR) is 151 cm³/mol. The topological polar surface area (TPSA) is 126 Å². The Hall–Kier alpha value is -5.10. The fourth-order valence-electron chi connectivity index (χ4n) is 5.08. The number of aromatic nitrogens is 6. The lowest BCUT2D eigenvalue weighted by Crippen LogP contribution is -2.32. The Morgan fingerprint density at radius 1 is 0.976 bits per heavy atom. The number of rotatable bonds is 9. The third kappa shape index (κ3) is 5.37. The van der Waals surface area contributed by atoms with Crippen LogP contribution >= 0.6 is 0 Å². The van der Waals surface area contributed by atoms with Crippen molar-refractivity contribution in [3.05, 3.63) is 100 Å². The van der Waals surface area contributed by atoms with Crippen LogP contribution in [0, 0.1) is 10.1 Å². The molecule has 2 aromatic heterocycles. The summed E-state index contributed by atoms with van der Waals surface area (Å²) in [6, 6.07) is 17.4. The molecule has 0 radical (unpaired) electrons. The van der Waals surface area contributed by atoms with Gasteiger partial charge in [-0.2, -0.15) is 0 Å². The van der Waals surface area contributed by atoms with Crippen LogP contribution in [0.1, 0.15) is 16.7 Å². The summed E-state index contributed by atoms with van der Waals surface area (Å²) in [7, 11) is 2.88. The number of fused-ring (bicyclic) bond motifs is 1. The van der Waals surface area contributed by atoms with E-state index in [1.165, 1.54) is 47.8 Å². The minimum atomic E-state index is -0.508. The minimum Gasteiger partial charge on any atom is -0.493 e. The zero-order chi connectivity index (χ0) is 28.3. The van der Waals surface area contributed by atoms with Gasteiger partial charge in [-0.1, -0.05) is 18.2 Å². The largest absolute Gasteiger partial charge is 0.493 e. The summed E-state index contributed by atoms with van der Waals surface area (Å²) < 4.78 is 12.5. The van der Waals surface area contributed by atoms with E-state index in [4.69, 9.17) is 9.47 Å². The van der Waals surface area contributed by atoms with E-state index in [9.17, 15) is 10.1 Å². The quantitative estimate of drug-likeness (QED) is 0.197. The molecule has 1 aliphatic rings. The van der Waals surface area contributed by atoms with Gasteiger partial charge in [0.05, 0.1) is 37.2 Å². The van der Waals surface area contributed by atoms with E-state index >= 15 is 0 Å². The van der Waals surface area contributed by atoms with Crippen molar-refractivity contribution in [3.63, 3.8) is 0 Å². The Kier molecular flexibility index (Phi) is 7.13. The lowest BCUT2D eigenvalue weighted by Gasteiger charge is -2.29. The fraction of sp³-hybridized carbons (Fsp3) is 0.241. The van der Waals surface area contributed by atoms with Gasteiger partial charge >= 0.3 is 0 Å². The Bertz CT molecular complexity index is 1680. The van der Waals surface area contributed by atoms with Crippen LogP contribution in [0.5, 0.6) is 11.5 Å². The maximum atomic E-state index is 11.7. The second-order valence-electron chi connectivity index (χ2n) is 9.75. The van der Waals surface area contributed by atoms with Crippen LogP contribution in [-0.4, -0.2) is 66.9 Å². The molecule has 6 rings (SSSR count). The first-order valence-corrected chi connectivity index (χ1v) is 13.1. The highest BCUT2D eigenvalue weighted by Crippen LogP contribution is 2.38. The van der Waals surface area contributed by atoms with Crippen molar-refractivity contribution in [1.82, 2.24) is 34.7 Å². The Labute approximate surface area is 235 Å². The number of nitro benzene ring substituents is 1. The molecule has 0 N–H and O–H groups in total. The summed E-state index contributed by atoms with van der Waals surface area (Å²) in [6.45, 7) is 2.90. The number of ether oxygens (including phenoxy) is 2. The maximum absolute atomic E-state index is 11.7. The van der Waals surface area contributed by atoms with Gasteiger partial charge in [-0.05, 0) is 59.0 Å². The first kappa shape index (κ1) is 26.1. The smallest absolute Gasteiger partial charge is 0.284 e. The summed E-state index contributed by atoms with van der Waals surface area (Å²) in [5.74, 6) is 0.701. The molecule has 3 aromatic carbocycles. The molecule has 0 spiro atoms. The zero-order valence-corrected chi connectivity index (χ0v) is 22.7. The maximum Gasteiger partial charge on any atom is 0.284 e. The van der Waals surface area contributed by atoms with Crippen molar-refractivity contribution in [2.45, 2.75) is 19.4 Å². The number of nitrogens with zero attached hydrogens (tertiary/aromatic N) is 8. The van der Waals surface area contributed by atoms with E-state index < -0.39 is 4.92 Å². The summed E-state index contributed by atoms with van der Waals surface area (Å²) in [4.78, 5) is 19.2. The molecule has 41 heavy (non-hydrogen) atoms. The molecule has 0 aliphatic carbocycles. The molecule has 12 heteroatoms. The van der Waals surface area contributed by atoms with Crippen molar-refractivity contribution < 1.29 is 14.4 Å². The molecule has 208 valence electrons. The summed E-state index contributed by atoms with van der Waals surface area (Å²) in [6.07, 6.45) is 7.52. The summed E-state index contributed by atoms with van der Waals surface area (Å²) >= 11 is 0. The van der Waals surface area contributed by atoms with Crippen molar-refractivity contribution in [2.24, 2.45) is 0 Å². The normalized spacial score (nSPS) is 13.1.